The van der Waals surface area contributed by atoms with Crippen LogP contribution in [0.25, 0.3) is 0 Å². The summed E-state index contributed by atoms with van der Waals surface area (Å²) in [6, 6.07) is 20.0. The van der Waals surface area contributed by atoms with Gasteiger partial charge in [-0.15, -0.1) is 0 Å². The maximum Gasteiger partial charge on any atom is 0.159 e. The summed E-state index contributed by atoms with van der Waals surface area (Å²) < 4.78 is 0. The third-order valence-electron chi connectivity index (χ3n) is 8.93. The molecule has 2 aromatic rings. The van der Waals surface area contributed by atoms with Crippen LogP contribution < -0.4 is 5.32 Å². The molecule has 5 rings (SSSR count). The van der Waals surface area contributed by atoms with Gasteiger partial charge in [0.05, 0.1) is 0 Å². The molecule has 3 aliphatic rings. The van der Waals surface area contributed by atoms with Gasteiger partial charge in [-0.3, -0.25) is 4.79 Å². The zero-order chi connectivity index (χ0) is 23.9. The Morgan fingerprint density at radius 3 is 2.31 bits per heavy atom. The molecule has 1 N–H and O–H groups in total. The number of nitrogens with one attached hydrogen (secondary N) is 1. The van der Waals surface area contributed by atoms with Crippen molar-refractivity contribution in [1.82, 2.24) is 4.90 Å². The van der Waals surface area contributed by atoms with Crippen molar-refractivity contribution in [3.8, 4) is 0 Å². The van der Waals surface area contributed by atoms with Crippen LogP contribution in [-0.2, 0) is 16.6 Å². The van der Waals surface area contributed by atoms with Gasteiger partial charge in [0, 0.05) is 42.9 Å². The molecule has 3 nitrogen and oxygen atoms in total. The summed E-state index contributed by atoms with van der Waals surface area (Å²) in [6.07, 6.45) is 19.0. The number of ketones is 1. The average Bonchev–Trinajstić information content (AvgIpc) is 3.27. The van der Waals surface area contributed by atoms with Crippen LogP contribution in [0, 0.1) is 5.92 Å². The van der Waals surface area contributed by atoms with E-state index >= 15 is 0 Å². The van der Waals surface area contributed by atoms with Gasteiger partial charge in [-0.05, 0) is 54.9 Å². The number of anilines is 1. The molecule has 2 unspecified atom stereocenters. The highest BCUT2D eigenvalue weighted by molar-refractivity contribution is 5.90. The molecule has 186 valence electrons. The van der Waals surface area contributed by atoms with Crippen molar-refractivity contribution in [2.45, 2.75) is 88.5 Å². The molecule has 35 heavy (non-hydrogen) atoms. The second kappa shape index (κ2) is 11.5. The lowest BCUT2D eigenvalue weighted by molar-refractivity contribution is -0.116. The number of carbonyl (C=O) groups is 1. The summed E-state index contributed by atoms with van der Waals surface area (Å²) in [4.78, 5) is 14.8. The zero-order valence-corrected chi connectivity index (χ0v) is 21.3. The zero-order valence-electron chi connectivity index (χ0n) is 21.3. The summed E-state index contributed by atoms with van der Waals surface area (Å²) in [7, 11) is 0. The topological polar surface area (TPSA) is 32.3 Å². The minimum absolute atomic E-state index is 0.183. The van der Waals surface area contributed by atoms with Gasteiger partial charge >= 0.3 is 0 Å². The number of rotatable bonds is 6. The first-order valence-corrected chi connectivity index (χ1v) is 14.1. The average molecular weight is 471 g/mol. The Hall–Kier alpha value is -2.55. The standard InChI is InChI=1S/C32H42N2O/c35-29-19-21-34(28(24-29)23-26-13-7-6-8-14-26)22-20-32(25-33-31-18-12-11-17-30(31)32)27-15-9-4-2-1-3-5-10-16-27/h6-8,11-14,17-19,21,27-28,33H,1-5,9-10,15-16,20,22-25H2. The van der Waals surface area contributed by atoms with Crippen molar-refractivity contribution < 1.29 is 4.79 Å². The van der Waals surface area contributed by atoms with Gasteiger partial charge in [0.2, 0.25) is 0 Å². The maximum atomic E-state index is 12.4. The molecular weight excluding hydrogens is 428 g/mol. The molecule has 0 radical (unpaired) electrons. The van der Waals surface area contributed by atoms with Crippen LogP contribution in [0.1, 0.15) is 81.8 Å². The maximum absolute atomic E-state index is 12.4. The van der Waals surface area contributed by atoms with Crippen LogP contribution in [0.2, 0.25) is 0 Å². The third kappa shape index (κ3) is 5.66. The number of carbonyl (C=O) groups excluding carboxylic acids is 1. The highest BCUT2D eigenvalue weighted by atomic mass is 16.1. The van der Waals surface area contributed by atoms with E-state index in [1.165, 1.54) is 69.0 Å². The van der Waals surface area contributed by atoms with E-state index in [1.54, 1.807) is 11.6 Å². The molecule has 1 fully saturated rings. The summed E-state index contributed by atoms with van der Waals surface area (Å²) in [5.41, 5.74) is 4.39. The van der Waals surface area contributed by atoms with E-state index in [1.807, 2.05) is 0 Å². The van der Waals surface area contributed by atoms with Crippen LogP contribution in [0.3, 0.4) is 0 Å². The van der Waals surface area contributed by atoms with E-state index in [4.69, 9.17) is 0 Å². The van der Waals surface area contributed by atoms with Crippen LogP contribution in [0.4, 0.5) is 5.69 Å². The van der Waals surface area contributed by atoms with Gasteiger partial charge in [0.15, 0.2) is 5.78 Å². The first-order valence-electron chi connectivity index (χ1n) is 14.1. The fourth-order valence-corrected chi connectivity index (χ4v) is 6.95. The Balaban J connectivity index is 1.38. The molecular formula is C32H42N2O. The Labute approximate surface area is 212 Å². The van der Waals surface area contributed by atoms with Crippen LogP contribution in [-0.4, -0.2) is 29.8 Å². The molecule has 2 aromatic carbocycles. The molecule has 2 heterocycles. The van der Waals surface area contributed by atoms with Gasteiger partial charge < -0.3 is 10.2 Å². The second-order valence-corrected chi connectivity index (χ2v) is 11.1. The van der Waals surface area contributed by atoms with Crippen LogP contribution in [0.5, 0.6) is 0 Å². The first kappa shape index (κ1) is 24.2. The van der Waals surface area contributed by atoms with Gasteiger partial charge in [0.1, 0.15) is 0 Å². The van der Waals surface area contributed by atoms with Crippen molar-refractivity contribution in [1.29, 1.82) is 0 Å². The number of nitrogens with zero attached hydrogens (tertiary/aromatic N) is 1. The van der Waals surface area contributed by atoms with Gasteiger partial charge in [-0.2, -0.15) is 0 Å². The number of hydrogen-bond acceptors (Lipinski definition) is 3. The predicted molar refractivity (Wildman–Crippen MR) is 146 cm³/mol. The summed E-state index contributed by atoms with van der Waals surface area (Å²) >= 11 is 0. The molecule has 0 bridgehead atoms. The summed E-state index contributed by atoms with van der Waals surface area (Å²) in [5.74, 6) is 0.983. The Bertz CT molecular complexity index is 990. The molecule has 0 spiro atoms. The largest absolute Gasteiger partial charge is 0.384 e. The normalized spacial score (nSPS) is 25.8. The molecule has 0 amide bonds. The van der Waals surface area contributed by atoms with E-state index in [2.05, 4.69) is 71.0 Å². The Kier molecular flexibility index (Phi) is 7.91. The first-order chi connectivity index (χ1) is 17.2. The predicted octanol–water partition coefficient (Wildman–Crippen LogP) is 7.28. The molecule has 3 heteroatoms. The van der Waals surface area contributed by atoms with Crippen molar-refractivity contribution >= 4 is 11.5 Å². The van der Waals surface area contributed by atoms with Crippen molar-refractivity contribution in [2.75, 3.05) is 18.4 Å². The van der Waals surface area contributed by atoms with E-state index in [0.717, 1.165) is 31.8 Å². The molecule has 0 saturated heterocycles. The monoisotopic (exact) mass is 470 g/mol. The minimum atomic E-state index is 0.183. The van der Waals surface area contributed by atoms with Crippen LogP contribution >= 0.6 is 0 Å². The number of para-hydroxylation sites is 1. The SMILES string of the molecule is O=C1C=CN(CCC2(C3CCCCCCCCC3)CNc3ccccc32)C(Cc2ccccc2)C1. The highest BCUT2D eigenvalue weighted by Gasteiger charge is 2.44. The smallest absolute Gasteiger partial charge is 0.159 e. The highest BCUT2D eigenvalue weighted by Crippen LogP contribution is 2.48. The summed E-state index contributed by atoms with van der Waals surface area (Å²) in [6.45, 7) is 2.06. The quantitative estimate of drug-likeness (QED) is 0.481. The summed E-state index contributed by atoms with van der Waals surface area (Å²) in [5, 5.41) is 3.81. The van der Waals surface area contributed by atoms with Gasteiger partial charge in [0.25, 0.3) is 0 Å². The molecule has 0 aromatic heterocycles. The fourth-order valence-electron chi connectivity index (χ4n) is 6.95. The Morgan fingerprint density at radius 1 is 0.857 bits per heavy atom. The minimum Gasteiger partial charge on any atom is -0.384 e. The second-order valence-electron chi connectivity index (χ2n) is 11.1. The van der Waals surface area contributed by atoms with Crippen LogP contribution in [0.15, 0.2) is 66.9 Å². The van der Waals surface area contributed by atoms with Crippen molar-refractivity contribution in [3.63, 3.8) is 0 Å². The third-order valence-corrected chi connectivity index (χ3v) is 8.93. The number of hydrogen-bond donors (Lipinski definition) is 1. The van der Waals surface area contributed by atoms with Gasteiger partial charge in [-0.1, -0.05) is 93.5 Å². The lowest BCUT2D eigenvalue weighted by Gasteiger charge is -2.42. The number of benzene rings is 2. The molecule has 1 aliphatic carbocycles. The van der Waals surface area contributed by atoms with Crippen molar-refractivity contribution in [2.24, 2.45) is 5.92 Å². The lowest BCUT2D eigenvalue weighted by Crippen LogP contribution is -2.44. The molecule has 1 saturated carbocycles. The van der Waals surface area contributed by atoms with E-state index < -0.39 is 0 Å². The Morgan fingerprint density at radius 2 is 1.54 bits per heavy atom. The van der Waals surface area contributed by atoms with E-state index in [0.29, 0.717) is 6.42 Å². The van der Waals surface area contributed by atoms with E-state index in [9.17, 15) is 4.79 Å². The van der Waals surface area contributed by atoms with Gasteiger partial charge in [-0.25, -0.2) is 0 Å². The number of allylic oxidation sites excluding steroid dienone is 1. The van der Waals surface area contributed by atoms with Crippen molar-refractivity contribution in [3.05, 3.63) is 78.0 Å². The fraction of sp³-hybridized carbons (Fsp3) is 0.531. The number of fused-ring (bicyclic) bond motifs is 1. The molecule has 2 aliphatic heterocycles. The lowest BCUT2D eigenvalue weighted by atomic mass is 9.65. The van der Waals surface area contributed by atoms with E-state index in [-0.39, 0.29) is 17.2 Å². The molecule has 2 atom stereocenters.